The van der Waals surface area contributed by atoms with E-state index >= 15 is 0 Å². The lowest BCUT2D eigenvalue weighted by Gasteiger charge is -2.22. The summed E-state index contributed by atoms with van der Waals surface area (Å²) in [5.74, 6) is -1.47. The third-order valence-corrected chi connectivity index (χ3v) is 7.10. The van der Waals surface area contributed by atoms with Gasteiger partial charge in [-0.05, 0) is 59.8 Å². The van der Waals surface area contributed by atoms with Gasteiger partial charge in [0.25, 0.3) is 35.4 Å². The molecule has 288 valence electrons. The Kier molecular flexibility index (Phi) is 20.0. The van der Waals surface area contributed by atoms with E-state index in [1.165, 1.54) is 46.3 Å². The average molecular weight is 720 g/mol. The van der Waals surface area contributed by atoms with Crippen LogP contribution in [-0.2, 0) is 43.0 Å². The van der Waals surface area contributed by atoms with Crippen molar-refractivity contribution in [3.63, 3.8) is 0 Å². The highest BCUT2D eigenvalue weighted by Gasteiger charge is 2.24. The highest BCUT2D eigenvalue weighted by atomic mass is 16.5. The van der Waals surface area contributed by atoms with E-state index in [4.69, 9.17) is 14.2 Å². The molecule has 3 aliphatic rings. The van der Waals surface area contributed by atoms with Crippen LogP contribution < -0.4 is 10.6 Å². The minimum absolute atomic E-state index is 0.0131. The maximum Gasteiger partial charge on any atom is 0.253 e. The number of rotatable bonds is 18. The van der Waals surface area contributed by atoms with Crippen LogP contribution in [0.5, 0.6) is 0 Å². The molecule has 0 fully saturated rings. The van der Waals surface area contributed by atoms with Gasteiger partial charge < -0.3 is 24.8 Å². The average Bonchev–Trinajstić information content (AvgIpc) is 3.63. The van der Waals surface area contributed by atoms with Crippen molar-refractivity contribution in [1.29, 1.82) is 0 Å². The van der Waals surface area contributed by atoms with Gasteiger partial charge in [0.2, 0.25) is 0 Å². The van der Waals surface area contributed by atoms with Crippen LogP contribution in [0.4, 0.5) is 0 Å². The van der Waals surface area contributed by atoms with Crippen LogP contribution in [0.25, 0.3) is 0 Å². The molecule has 3 aliphatic heterocycles. The molecule has 0 spiro atoms. The quantitative estimate of drug-likeness (QED) is 0.158. The van der Waals surface area contributed by atoms with Crippen LogP contribution >= 0.6 is 0 Å². The van der Waals surface area contributed by atoms with Crippen molar-refractivity contribution in [3.05, 3.63) is 36.5 Å². The molecule has 0 aromatic heterocycles. The van der Waals surface area contributed by atoms with Crippen LogP contribution in [-0.4, -0.2) is 134 Å². The van der Waals surface area contributed by atoms with Crippen molar-refractivity contribution < 1.29 is 43.0 Å². The predicted molar refractivity (Wildman–Crippen MR) is 194 cm³/mol. The summed E-state index contributed by atoms with van der Waals surface area (Å²) >= 11 is 0. The van der Waals surface area contributed by atoms with E-state index in [2.05, 4.69) is 52.2 Å². The summed E-state index contributed by atoms with van der Waals surface area (Å²) in [5, 5.41) is 6.53. The van der Waals surface area contributed by atoms with Crippen molar-refractivity contribution in [2.24, 2.45) is 5.41 Å². The molecule has 0 aromatic carbocycles. The summed E-state index contributed by atoms with van der Waals surface area (Å²) in [6, 6.07) is 0. The van der Waals surface area contributed by atoms with E-state index in [1.807, 2.05) is 20.8 Å². The molecule has 0 bridgehead atoms. The Labute approximate surface area is 303 Å². The number of hydrogen-bond acceptors (Lipinski definition) is 11. The zero-order chi connectivity index (χ0) is 38.7. The highest BCUT2D eigenvalue weighted by Crippen LogP contribution is 2.20. The molecule has 0 radical (unpaired) electrons. The SMILES string of the molecule is CC(C)(C)CCCOCCN1C(=O)C=CC1=O.CC(C)(C)NCCN1C(=O)C=CC1=O.CC(C)(C)NCCOCCOCCN1C(=O)C=CC1=O. The summed E-state index contributed by atoms with van der Waals surface area (Å²) in [4.78, 5) is 70.7. The molecule has 3 rings (SSSR count). The number of carbonyl (C=O) groups is 6. The number of imide groups is 3. The molecule has 2 N–H and O–H groups in total. The van der Waals surface area contributed by atoms with Crippen molar-refractivity contribution in [2.75, 3.05) is 72.4 Å². The normalized spacial score (nSPS) is 16.1. The van der Waals surface area contributed by atoms with Crippen LogP contribution in [0.3, 0.4) is 0 Å². The lowest BCUT2D eigenvalue weighted by atomic mass is 9.91. The molecule has 0 saturated heterocycles. The van der Waals surface area contributed by atoms with Crippen molar-refractivity contribution in [3.8, 4) is 0 Å². The summed E-state index contributed by atoms with van der Waals surface area (Å²) in [6.07, 6.45) is 9.85. The second kappa shape index (κ2) is 22.4. The lowest BCUT2D eigenvalue weighted by Crippen LogP contribution is -2.43. The largest absolute Gasteiger partial charge is 0.380 e. The molecule has 0 saturated carbocycles. The number of amides is 6. The van der Waals surface area contributed by atoms with E-state index < -0.39 is 0 Å². The highest BCUT2D eigenvalue weighted by molar-refractivity contribution is 6.14. The molecule has 14 nitrogen and oxygen atoms in total. The van der Waals surface area contributed by atoms with Gasteiger partial charge in [-0.25, -0.2) is 0 Å². The van der Waals surface area contributed by atoms with Gasteiger partial charge in [-0.15, -0.1) is 0 Å². The first kappa shape index (κ1) is 45.5. The second-order valence-corrected chi connectivity index (χ2v) is 15.3. The maximum absolute atomic E-state index is 11.2. The Morgan fingerprint density at radius 2 is 0.784 bits per heavy atom. The number of ether oxygens (including phenoxy) is 3. The summed E-state index contributed by atoms with van der Waals surface area (Å²) in [7, 11) is 0. The Balaban J connectivity index is 0.000000389. The molecule has 14 heteroatoms. The number of carbonyl (C=O) groups excluding carboxylic acids is 6. The molecule has 3 heterocycles. The van der Waals surface area contributed by atoms with Crippen LogP contribution in [0, 0.1) is 5.41 Å². The first-order chi connectivity index (χ1) is 23.7. The zero-order valence-corrected chi connectivity index (χ0v) is 32.2. The molecular weight excluding hydrogens is 658 g/mol. The molecule has 6 amide bonds. The van der Waals surface area contributed by atoms with Crippen molar-refractivity contribution in [1.82, 2.24) is 25.3 Å². The Hall–Kier alpha value is -3.56. The third-order valence-electron chi connectivity index (χ3n) is 7.10. The minimum Gasteiger partial charge on any atom is -0.380 e. The van der Waals surface area contributed by atoms with Crippen LogP contribution in [0.2, 0.25) is 0 Å². The summed E-state index contributed by atoms with van der Waals surface area (Å²) < 4.78 is 16.1. The van der Waals surface area contributed by atoms with Crippen molar-refractivity contribution in [2.45, 2.75) is 86.2 Å². The Bertz CT molecular complexity index is 1200. The standard InChI is InChI=1S/C14H24N2O4.C13H21NO3.C10H16N2O2/c1-14(2,3)15-6-8-19-10-11-20-9-7-16-12(17)4-5-13(16)18;1-13(2,3)7-4-9-17-10-8-14-11(15)5-6-12(14)16;1-10(2,3)11-6-7-12-8(13)4-5-9(12)14/h4-5,15H,6-11H2,1-3H3;5-6H,4,7-10H2,1-3H3;4-5,11H,6-7H2,1-3H3. The topological polar surface area (TPSA) is 164 Å². The third kappa shape index (κ3) is 21.4. The van der Waals surface area contributed by atoms with E-state index in [-0.39, 0.29) is 53.1 Å². The smallest absolute Gasteiger partial charge is 0.253 e. The minimum atomic E-state index is -0.275. The van der Waals surface area contributed by atoms with E-state index in [9.17, 15) is 28.8 Å². The molecule has 51 heavy (non-hydrogen) atoms. The fraction of sp³-hybridized carbons (Fsp3) is 0.676. The van der Waals surface area contributed by atoms with Gasteiger partial charge in [-0.2, -0.15) is 0 Å². The molecule has 0 unspecified atom stereocenters. The maximum atomic E-state index is 11.2. The van der Waals surface area contributed by atoms with Gasteiger partial charge in [0.1, 0.15) is 0 Å². The fourth-order valence-electron chi connectivity index (χ4n) is 4.44. The molecule has 0 aliphatic carbocycles. The fourth-order valence-corrected chi connectivity index (χ4v) is 4.44. The van der Waals surface area contributed by atoms with Gasteiger partial charge in [-0.1, -0.05) is 20.8 Å². The zero-order valence-electron chi connectivity index (χ0n) is 32.2. The van der Waals surface area contributed by atoms with Gasteiger partial charge >= 0.3 is 0 Å². The van der Waals surface area contributed by atoms with E-state index in [0.717, 1.165) is 24.3 Å². The first-order valence-corrected chi connectivity index (χ1v) is 17.5. The second-order valence-electron chi connectivity index (χ2n) is 15.3. The lowest BCUT2D eigenvalue weighted by molar-refractivity contribution is -0.139. The Morgan fingerprint density at radius 1 is 0.451 bits per heavy atom. The van der Waals surface area contributed by atoms with Gasteiger partial charge in [0.05, 0.1) is 46.1 Å². The molecule has 0 aromatic rings. The molecule has 0 atom stereocenters. The summed E-state index contributed by atoms with van der Waals surface area (Å²) in [5.41, 5.74) is 0.441. The van der Waals surface area contributed by atoms with Gasteiger partial charge in [0, 0.05) is 73.8 Å². The number of hydrogen-bond donors (Lipinski definition) is 2. The Morgan fingerprint density at radius 3 is 1.16 bits per heavy atom. The van der Waals surface area contributed by atoms with Gasteiger partial charge in [0.15, 0.2) is 0 Å². The van der Waals surface area contributed by atoms with Gasteiger partial charge in [-0.3, -0.25) is 43.5 Å². The van der Waals surface area contributed by atoms with Crippen LogP contribution in [0.1, 0.15) is 75.2 Å². The van der Waals surface area contributed by atoms with E-state index in [0.29, 0.717) is 64.7 Å². The first-order valence-electron chi connectivity index (χ1n) is 17.5. The van der Waals surface area contributed by atoms with E-state index in [1.54, 1.807) is 0 Å². The number of nitrogens with zero attached hydrogens (tertiary/aromatic N) is 3. The van der Waals surface area contributed by atoms with Crippen molar-refractivity contribution >= 4 is 35.4 Å². The predicted octanol–water partition coefficient (Wildman–Crippen LogP) is 2.39. The summed E-state index contributed by atoms with van der Waals surface area (Å²) in [6.45, 7) is 24.5. The van der Waals surface area contributed by atoms with Crippen LogP contribution in [0.15, 0.2) is 36.5 Å². The molecular formula is C37H61N5O9. The monoisotopic (exact) mass is 719 g/mol. The number of nitrogens with one attached hydrogen (secondary N) is 2.